The van der Waals surface area contributed by atoms with Crippen molar-refractivity contribution in [2.24, 2.45) is 0 Å². The van der Waals surface area contributed by atoms with Crippen molar-refractivity contribution in [3.63, 3.8) is 0 Å². The Bertz CT molecular complexity index is 1180. The first-order valence-corrected chi connectivity index (χ1v) is 10.6. The maximum absolute atomic E-state index is 12.8. The van der Waals surface area contributed by atoms with E-state index in [1.54, 1.807) is 35.8 Å². The lowest BCUT2D eigenvalue weighted by atomic mass is 10.2. The van der Waals surface area contributed by atoms with E-state index in [0.29, 0.717) is 45.2 Å². The van der Waals surface area contributed by atoms with Crippen LogP contribution in [0.3, 0.4) is 0 Å². The van der Waals surface area contributed by atoms with Crippen LogP contribution in [-0.2, 0) is 17.8 Å². The average molecular weight is 426 g/mol. The van der Waals surface area contributed by atoms with Gasteiger partial charge in [-0.25, -0.2) is 4.98 Å². The molecule has 156 valence electrons. The van der Waals surface area contributed by atoms with Crippen molar-refractivity contribution < 1.29 is 14.3 Å². The molecule has 1 aliphatic heterocycles. The second-order valence-electron chi connectivity index (χ2n) is 7.05. The highest BCUT2D eigenvalue weighted by molar-refractivity contribution is 7.20. The van der Waals surface area contributed by atoms with Crippen molar-refractivity contribution >= 4 is 39.1 Å². The van der Waals surface area contributed by atoms with Crippen LogP contribution in [0.2, 0.25) is 0 Å². The molecule has 1 aromatic carbocycles. The van der Waals surface area contributed by atoms with Gasteiger partial charge in [-0.1, -0.05) is 0 Å². The molecule has 1 aliphatic rings. The number of likely N-dealkylation sites (N-methyl/N-ethyl adjacent to an activating group) is 1. The van der Waals surface area contributed by atoms with Gasteiger partial charge in [0.1, 0.15) is 16.4 Å². The Hall–Kier alpha value is -3.20. The smallest absolute Gasteiger partial charge is 0.266 e. The molecule has 0 radical (unpaired) electrons. The van der Waals surface area contributed by atoms with Gasteiger partial charge in [0, 0.05) is 25.2 Å². The van der Waals surface area contributed by atoms with Crippen LogP contribution in [0.4, 0.5) is 5.69 Å². The van der Waals surface area contributed by atoms with Crippen LogP contribution in [0.1, 0.15) is 34.4 Å². The maximum Gasteiger partial charge on any atom is 0.266 e. The van der Waals surface area contributed by atoms with E-state index in [0.717, 1.165) is 18.7 Å². The van der Waals surface area contributed by atoms with Gasteiger partial charge in [-0.2, -0.15) is 0 Å². The minimum Gasteiger partial charge on any atom is -0.484 e. The summed E-state index contributed by atoms with van der Waals surface area (Å²) < 4.78 is 7.12. The fraction of sp³-hybridized carbons (Fsp3) is 0.333. The number of fused-ring (bicyclic) bond motifs is 2. The zero-order chi connectivity index (χ0) is 21.3. The molecule has 0 spiro atoms. The van der Waals surface area contributed by atoms with Crippen molar-refractivity contribution in [3.05, 3.63) is 50.9 Å². The van der Waals surface area contributed by atoms with E-state index < -0.39 is 0 Å². The number of amides is 2. The molecule has 2 aromatic heterocycles. The molecule has 0 bridgehead atoms. The first-order chi connectivity index (χ1) is 14.5. The normalized spacial score (nSPS) is 12.6. The average Bonchev–Trinajstić information content (AvgIpc) is 3.33. The summed E-state index contributed by atoms with van der Waals surface area (Å²) in [6.45, 7) is 4.80. The third-order valence-corrected chi connectivity index (χ3v) is 6.16. The number of ether oxygens (including phenoxy) is 1. The first-order valence-electron chi connectivity index (χ1n) is 9.81. The third-order valence-electron chi connectivity index (χ3n) is 4.97. The number of aromatic nitrogens is 2. The third kappa shape index (κ3) is 3.80. The lowest BCUT2D eigenvalue weighted by Gasteiger charge is -2.08. The number of hydrogen-bond donors (Lipinski definition) is 2. The number of hydrogen-bond acceptors (Lipinski definition) is 6. The number of rotatable bonds is 6. The lowest BCUT2D eigenvalue weighted by Crippen LogP contribution is -2.28. The van der Waals surface area contributed by atoms with E-state index in [4.69, 9.17) is 4.74 Å². The van der Waals surface area contributed by atoms with Gasteiger partial charge in [0.25, 0.3) is 17.4 Å². The van der Waals surface area contributed by atoms with Crippen LogP contribution in [0, 0.1) is 6.92 Å². The fourth-order valence-electron chi connectivity index (χ4n) is 3.51. The Morgan fingerprint density at radius 3 is 2.77 bits per heavy atom. The van der Waals surface area contributed by atoms with Crippen molar-refractivity contribution in [1.29, 1.82) is 0 Å². The van der Waals surface area contributed by atoms with Gasteiger partial charge in [-0.05, 0) is 50.1 Å². The number of thiophene rings is 1. The molecule has 0 saturated carbocycles. The van der Waals surface area contributed by atoms with Crippen molar-refractivity contribution in [2.75, 3.05) is 18.5 Å². The summed E-state index contributed by atoms with van der Waals surface area (Å²) in [5, 5.41) is 6.04. The largest absolute Gasteiger partial charge is 0.484 e. The number of nitrogens with zero attached hydrogens (tertiary/aromatic N) is 2. The van der Waals surface area contributed by atoms with Gasteiger partial charge < -0.3 is 15.4 Å². The number of benzene rings is 1. The number of nitrogens with one attached hydrogen (secondary N) is 2. The molecular weight excluding hydrogens is 404 g/mol. The van der Waals surface area contributed by atoms with Crippen LogP contribution < -0.4 is 20.9 Å². The van der Waals surface area contributed by atoms with Crippen molar-refractivity contribution in [3.8, 4) is 5.75 Å². The van der Waals surface area contributed by atoms with E-state index in [1.165, 1.54) is 11.3 Å². The summed E-state index contributed by atoms with van der Waals surface area (Å²) in [6.07, 6.45) is 1.72. The highest BCUT2D eigenvalue weighted by Crippen LogP contribution is 2.29. The summed E-state index contributed by atoms with van der Waals surface area (Å²) >= 11 is 1.24. The first kappa shape index (κ1) is 20.1. The van der Waals surface area contributed by atoms with Gasteiger partial charge in [0.15, 0.2) is 6.61 Å². The molecule has 0 atom stereocenters. The molecule has 0 saturated heterocycles. The maximum atomic E-state index is 12.8. The van der Waals surface area contributed by atoms with Crippen LogP contribution in [0.25, 0.3) is 10.2 Å². The minimum absolute atomic E-state index is 0.0612. The Morgan fingerprint density at radius 2 is 2.03 bits per heavy atom. The van der Waals surface area contributed by atoms with Gasteiger partial charge in [0.05, 0.1) is 10.3 Å². The van der Waals surface area contributed by atoms with Gasteiger partial charge in [-0.15, -0.1) is 11.3 Å². The predicted octanol–water partition coefficient (Wildman–Crippen LogP) is 2.48. The SMILES string of the molecule is CCNC(=O)COc1ccc(NC(=O)c2sc3nc4n(c(=O)c3c2C)CCC4)cc1. The molecule has 4 rings (SSSR count). The summed E-state index contributed by atoms with van der Waals surface area (Å²) in [5.74, 6) is 0.856. The number of aryl methyl sites for hydroxylation is 2. The zero-order valence-electron chi connectivity index (χ0n) is 16.8. The van der Waals surface area contributed by atoms with E-state index in [-0.39, 0.29) is 24.0 Å². The summed E-state index contributed by atoms with van der Waals surface area (Å²) in [4.78, 5) is 42.8. The Kier molecular flexibility index (Phi) is 5.54. The zero-order valence-corrected chi connectivity index (χ0v) is 17.6. The van der Waals surface area contributed by atoms with Crippen LogP contribution in [0.15, 0.2) is 29.1 Å². The monoisotopic (exact) mass is 426 g/mol. The van der Waals surface area contributed by atoms with E-state index >= 15 is 0 Å². The molecule has 0 unspecified atom stereocenters. The molecule has 3 heterocycles. The van der Waals surface area contributed by atoms with Gasteiger partial charge in [-0.3, -0.25) is 19.0 Å². The van der Waals surface area contributed by atoms with Crippen LogP contribution in [0.5, 0.6) is 5.75 Å². The lowest BCUT2D eigenvalue weighted by molar-refractivity contribution is -0.122. The molecule has 8 nitrogen and oxygen atoms in total. The number of carbonyl (C=O) groups excluding carboxylic acids is 2. The summed E-state index contributed by atoms with van der Waals surface area (Å²) in [5.41, 5.74) is 1.19. The van der Waals surface area contributed by atoms with E-state index in [2.05, 4.69) is 15.6 Å². The Morgan fingerprint density at radius 1 is 1.27 bits per heavy atom. The molecule has 9 heteroatoms. The molecule has 2 N–H and O–H groups in total. The van der Waals surface area contributed by atoms with Gasteiger partial charge in [0.2, 0.25) is 0 Å². The summed E-state index contributed by atoms with van der Waals surface area (Å²) in [6, 6.07) is 6.78. The molecule has 3 aromatic rings. The molecule has 30 heavy (non-hydrogen) atoms. The van der Waals surface area contributed by atoms with E-state index in [1.807, 2.05) is 6.92 Å². The highest BCUT2D eigenvalue weighted by atomic mass is 32.1. The summed E-state index contributed by atoms with van der Waals surface area (Å²) in [7, 11) is 0. The van der Waals surface area contributed by atoms with Crippen molar-refractivity contribution in [2.45, 2.75) is 33.2 Å². The Labute approximate surface area is 176 Å². The fourth-order valence-corrected chi connectivity index (χ4v) is 4.60. The second kappa shape index (κ2) is 8.27. The predicted molar refractivity (Wildman–Crippen MR) is 116 cm³/mol. The molecular formula is C21H22N4O4S. The van der Waals surface area contributed by atoms with E-state index in [9.17, 15) is 14.4 Å². The second-order valence-corrected chi connectivity index (χ2v) is 8.04. The Balaban J connectivity index is 1.50. The standard InChI is InChI=1S/C21H22N4O4S/c1-3-22-16(26)11-29-14-8-6-13(7-9-14)23-19(27)18-12(2)17-20(30-18)24-15-5-4-10-25(15)21(17)28/h6-9H,3-5,10-11H2,1-2H3,(H,22,26)(H,23,27). The van der Waals surface area contributed by atoms with Gasteiger partial charge >= 0.3 is 0 Å². The molecule has 2 amide bonds. The van der Waals surface area contributed by atoms with Crippen LogP contribution >= 0.6 is 11.3 Å². The minimum atomic E-state index is -0.281. The van der Waals surface area contributed by atoms with Crippen LogP contribution in [-0.4, -0.2) is 34.5 Å². The van der Waals surface area contributed by atoms with Crippen molar-refractivity contribution in [1.82, 2.24) is 14.9 Å². The topological polar surface area (TPSA) is 102 Å². The molecule has 0 aliphatic carbocycles. The quantitative estimate of drug-likeness (QED) is 0.630. The highest BCUT2D eigenvalue weighted by Gasteiger charge is 2.23. The molecule has 0 fully saturated rings. The number of carbonyl (C=O) groups is 2. The number of anilines is 1.